The number of rotatable bonds is 5. The summed E-state index contributed by atoms with van der Waals surface area (Å²) in [6.07, 6.45) is 1.63. The average Bonchev–Trinajstić information content (AvgIpc) is 2.93. The van der Waals surface area contributed by atoms with Gasteiger partial charge < -0.3 is 11.1 Å². The molecule has 2 aromatic heterocycles. The van der Waals surface area contributed by atoms with Gasteiger partial charge in [0.15, 0.2) is 10.8 Å². The van der Waals surface area contributed by atoms with Crippen molar-refractivity contribution in [1.82, 2.24) is 19.0 Å². The van der Waals surface area contributed by atoms with Crippen LogP contribution in [-0.2, 0) is 6.42 Å². The number of thiazole rings is 1. The summed E-state index contributed by atoms with van der Waals surface area (Å²) in [4.78, 5) is 15.9. The van der Waals surface area contributed by atoms with Crippen molar-refractivity contribution in [3.8, 4) is 0 Å². The van der Waals surface area contributed by atoms with Gasteiger partial charge in [0, 0.05) is 11.9 Å². The van der Waals surface area contributed by atoms with Crippen LogP contribution in [0.3, 0.4) is 0 Å². The maximum Gasteiger partial charge on any atom is 0.272 e. The molecule has 0 radical (unpaired) electrons. The number of hydrogen-bond acceptors (Lipinski definition) is 7. The van der Waals surface area contributed by atoms with Gasteiger partial charge in [0.25, 0.3) is 5.91 Å². The molecule has 0 spiro atoms. The van der Waals surface area contributed by atoms with Gasteiger partial charge >= 0.3 is 0 Å². The lowest BCUT2D eigenvalue weighted by atomic mass is 10.2. The van der Waals surface area contributed by atoms with Crippen LogP contribution in [0.1, 0.15) is 28.3 Å². The number of carbonyl (C=O) groups is 1. The fourth-order valence-corrected chi connectivity index (χ4v) is 2.57. The van der Waals surface area contributed by atoms with Gasteiger partial charge in [-0.2, -0.15) is 8.75 Å². The maximum absolute atomic E-state index is 11.7. The first-order chi connectivity index (χ1) is 8.66. The van der Waals surface area contributed by atoms with E-state index in [4.69, 9.17) is 5.73 Å². The van der Waals surface area contributed by atoms with Gasteiger partial charge in [0.05, 0.1) is 23.1 Å². The van der Waals surface area contributed by atoms with Gasteiger partial charge in [-0.05, 0) is 19.8 Å². The summed E-state index contributed by atoms with van der Waals surface area (Å²) < 4.78 is 7.91. The molecule has 0 unspecified atom stereocenters. The smallest absolute Gasteiger partial charge is 0.272 e. The van der Waals surface area contributed by atoms with Crippen LogP contribution in [0.15, 0.2) is 5.38 Å². The van der Waals surface area contributed by atoms with Crippen LogP contribution in [0, 0.1) is 6.92 Å². The Morgan fingerprint density at radius 1 is 1.50 bits per heavy atom. The molecular weight excluding hydrogens is 270 g/mol. The van der Waals surface area contributed by atoms with Crippen molar-refractivity contribution in [2.45, 2.75) is 19.8 Å². The number of nitrogen functional groups attached to an aromatic ring is 1. The molecule has 96 valence electrons. The number of carbonyl (C=O) groups excluding carboxylic acids is 1. The normalized spacial score (nSPS) is 10.5. The Bertz CT molecular complexity index is 536. The number of aromatic nitrogens is 3. The van der Waals surface area contributed by atoms with E-state index < -0.39 is 0 Å². The maximum atomic E-state index is 11.7. The van der Waals surface area contributed by atoms with Crippen molar-refractivity contribution in [3.05, 3.63) is 22.5 Å². The van der Waals surface area contributed by atoms with E-state index in [1.54, 1.807) is 6.92 Å². The molecule has 0 atom stereocenters. The SMILES string of the molecule is Cc1nsnc1C(=O)NCCCc1csc(N)n1. The lowest BCUT2D eigenvalue weighted by molar-refractivity contribution is 0.0948. The van der Waals surface area contributed by atoms with Crippen LogP contribution >= 0.6 is 23.1 Å². The van der Waals surface area contributed by atoms with E-state index in [1.165, 1.54) is 11.3 Å². The van der Waals surface area contributed by atoms with Crippen molar-refractivity contribution in [2.75, 3.05) is 12.3 Å². The van der Waals surface area contributed by atoms with Crippen LogP contribution in [-0.4, -0.2) is 26.2 Å². The molecular formula is C10H13N5OS2. The van der Waals surface area contributed by atoms with Crippen LogP contribution in [0.4, 0.5) is 5.13 Å². The number of amides is 1. The summed E-state index contributed by atoms with van der Waals surface area (Å²) in [6.45, 7) is 2.36. The zero-order valence-electron chi connectivity index (χ0n) is 9.84. The number of hydrogen-bond donors (Lipinski definition) is 2. The molecule has 0 bridgehead atoms. The molecule has 0 aliphatic rings. The standard InChI is InChI=1S/C10H13N5OS2/c1-6-8(15-18-14-6)9(16)12-4-2-3-7-5-17-10(11)13-7/h5H,2-4H2,1H3,(H2,11,13)(H,12,16). The summed E-state index contributed by atoms with van der Waals surface area (Å²) in [7, 11) is 0. The Hall–Kier alpha value is -1.54. The highest BCUT2D eigenvalue weighted by atomic mass is 32.1. The molecule has 18 heavy (non-hydrogen) atoms. The highest BCUT2D eigenvalue weighted by Crippen LogP contribution is 2.12. The molecule has 2 heterocycles. The summed E-state index contributed by atoms with van der Waals surface area (Å²) in [5.74, 6) is -0.168. The molecule has 0 aromatic carbocycles. The monoisotopic (exact) mass is 283 g/mol. The molecule has 8 heteroatoms. The van der Waals surface area contributed by atoms with Crippen LogP contribution in [0.2, 0.25) is 0 Å². The molecule has 6 nitrogen and oxygen atoms in total. The Morgan fingerprint density at radius 3 is 2.94 bits per heavy atom. The first-order valence-corrected chi connectivity index (χ1v) is 7.05. The highest BCUT2D eigenvalue weighted by Gasteiger charge is 2.12. The molecule has 0 saturated carbocycles. The first-order valence-electron chi connectivity index (χ1n) is 5.44. The van der Waals surface area contributed by atoms with E-state index >= 15 is 0 Å². The summed E-state index contributed by atoms with van der Waals surface area (Å²) in [6, 6.07) is 0. The fourth-order valence-electron chi connectivity index (χ4n) is 1.43. The largest absolute Gasteiger partial charge is 0.375 e. The second kappa shape index (κ2) is 5.87. The van der Waals surface area contributed by atoms with Gasteiger partial charge in [0.2, 0.25) is 0 Å². The van der Waals surface area contributed by atoms with E-state index in [0.717, 1.165) is 30.3 Å². The van der Waals surface area contributed by atoms with Crippen molar-refractivity contribution in [2.24, 2.45) is 0 Å². The van der Waals surface area contributed by atoms with Crippen LogP contribution in [0.5, 0.6) is 0 Å². The zero-order valence-corrected chi connectivity index (χ0v) is 11.5. The third-order valence-corrected chi connectivity index (χ3v) is 3.67. The molecule has 0 aliphatic heterocycles. The van der Waals surface area contributed by atoms with Crippen molar-refractivity contribution < 1.29 is 4.79 Å². The summed E-state index contributed by atoms with van der Waals surface area (Å²) in [5.41, 5.74) is 7.59. The molecule has 0 aliphatic carbocycles. The molecule has 2 aromatic rings. The Balaban J connectivity index is 1.73. The minimum absolute atomic E-state index is 0.168. The lowest BCUT2D eigenvalue weighted by Crippen LogP contribution is -2.25. The van der Waals surface area contributed by atoms with E-state index in [0.29, 0.717) is 23.1 Å². The summed E-state index contributed by atoms with van der Waals surface area (Å²) in [5, 5.41) is 5.33. The molecule has 0 fully saturated rings. The minimum atomic E-state index is -0.168. The number of nitrogens with one attached hydrogen (secondary N) is 1. The average molecular weight is 283 g/mol. The van der Waals surface area contributed by atoms with Gasteiger partial charge in [-0.15, -0.1) is 11.3 Å². The number of nitrogens with zero attached hydrogens (tertiary/aromatic N) is 3. The van der Waals surface area contributed by atoms with Crippen LogP contribution < -0.4 is 11.1 Å². The fraction of sp³-hybridized carbons (Fsp3) is 0.400. The highest BCUT2D eigenvalue weighted by molar-refractivity contribution is 7.13. The Labute approximate surface area is 113 Å². The van der Waals surface area contributed by atoms with Crippen molar-refractivity contribution in [1.29, 1.82) is 0 Å². The number of nitrogens with two attached hydrogens (primary N) is 1. The lowest BCUT2D eigenvalue weighted by Gasteiger charge is -2.02. The molecule has 3 N–H and O–H groups in total. The van der Waals surface area contributed by atoms with Crippen molar-refractivity contribution >= 4 is 34.1 Å². The minimum Gasteiger partial charge on any atom is -0.375 e. The van der Waals surface area contributed by atoms with E-state index in [-0.39, 0.29) is 5.91 Å². The topological polar surface area (TPSA) is 93.8 Å². The zero-order chi connectivity index (χ0) is 13.0. The second-order valence-electron chi connectivity index (χ2n) is 3.73. The third-order valence-electron chi connectivity index (χ3n) is 2.33. The summed E-state index contributed by atoms with van der Waals surface area (Å²) >= 11 is 2.48. The van der Waals surface area contributed by atoms with E-state index in [2.05, 4.69) is 19.0 Å². The van der Waals surface area contributed by atoms with Gasteiger partial charge in [-0.1, -0.05) is 0 Å². The number of aryl methyl sites for hydroxylation is 2. The van der Waals surface area contributed by atoms with Gasteiger partial charge in [0.1, 0.15) is 0 Å². The first kappa shape index (κ1) is 12.9. The third kappa shape index (κ3) is 3.23. The van der Waals surface area contributed by atoms with Gasteiger partial charge in [-0.3, -0.25) is 4.79 Å². The quantitative estimate of drug-likeness (QED) is 0.805. The second-order valence-corrected chi connectivity index (χ2v) is 5.15. The number of anilines is 1. The molecule has 1 amide bonds. The predicted octanol–water partition coefficient (Wildman–Crippen LogP) is 1.25. The molecule has 0 saturated heterocycles. The van der Waals surface area contributed by atoms with Crippen LogP contribution in [0.25, 0.3) is 0 Å². The van der Waals surface area contributed by atoms with E-state index in [1.807, 2.05) is 5.38 Å². The Kier molecular flexibility index (Phi) is 4.21. The predicted molar refractivity (Wildman–Crippen MR) is 71.8 cm³/mol. The van der Waals surface area contributed by atoms with Crippen molar-refractivity contribution in [3.63, 3.8) is 0 Å². The molecule has 2 rings (SSSR count). The Morgan fingerprint density at radius 2 is 2.33 bits per heavy atom. The van der Waals surface area contributed by atoms with E-state index in [9.17, 15) is 4.79 Å². The van der Waals surface area contributed by atoms with Gasteiger partial charge in [-0.25, -0.2) is 4.98 Å².